The molecule has 0 spiro atoms. The van der Waals surface area contributed by atoms with Crippen LogP contribution in [0.25, 0.3) is 0 Å². The maximum Gasteiger partial charge on any atom is 0.387 e. The third-order valence-corrected chi connectivity index (χ3v) is 2.83. The number of ether oxygens (including phenoxy) is 1. The second-order valence-electron chi connectivity index (χ2n) is 4.36. The monoisotopic (exact) mass is 293 g/mol. The van der Waals surface area contributed by atoms with Gasteiger partial charge < -0.3 is 15.2 Å². The van der Waals surface area contributed by atoms with Gasteiger partial charge in [0.05, 0.1) is 5.56 Å². The van der Waals surface area contributed by atoms with Crippen LogP contribution in [0, 0.1) is 6.92 Å². The van der Waals surface area contributed by atoms with Gasteiger partial charge in [-0.3, -0.25) is 0 Å². The van der Waals surface area contributed by atoms with Gasteiger partial charge in [0.25, 0.3) is 0 Å². The van der Waals surface area contributed by atoms with Gasteiger partial charge >= 0.3 is 12.6 Å². The van der Waals surface area contributed by atoms with Crippen LogP contribution in [0.5, 0.6) is 5.75 Å². The lowest BCUT2D eigenvalue weighted by Gasteiger charge is -2.11. The molecule has 110 valence electrons. The molecule has 0 bridgehead atoms. The van der Waals surface area contributed by atoms with Crippen molar-refractivity contribution in [3.05, 3.63) is 53.6 Å². The normalized spacial score (nSPS) is 10.5. The summed E-state index contributed by atoms with van der Waals surface area (Å²) in [5.41, 5.74) is 2.40. The molecule has 0 fully saturated rings. The fourth-order valence-corrected chi connectivity index (χ4v) is 1.81. The molecule has 0 saturated heterocycles. The summed E-state index contributed by atoms with van der Waals surface area (Å²) in [6.07, 6.45) is 0. The fraction of sp³-hybridized carbons (Fsp3) is 0.133. The Hall–Kier alpha value is -2.63. The lowest BCUT2D eigenvalue weighted by molar-refractivity contribution is -0.0498. The van der Waals surface area contributed by atoms with Crippen molar-refractivity contribution in [2.24, 2.45) is 0 Å². The Morgan fingerprint density at radius 1 is 1.19 bits per heavy atom. The highest BCUT2D eigenvalue weighted by Gasteiger charge is 2.07. The van der Waals surface area contributed by atoms with Crippen molar-refractivity contribution in [3.8, 4) is 5.75 Å². The minimum Gasteiger partial charge on any atom is -0.478 e. The molecule has 0 unspecified atom stereocenters. The summed E-state index contributed by atoms with van der Waals surface area (Å²) in [7, 11) is 0. The molecule has 2 N–H and O–H groups in total. The van der Waals surface area contributed by atoms with Crippen LogP contribution < -0.4 is 10.1 Å². The molecule has 0 atom stereocenters. The minimum absolute atomic E-state index is 0.0773. The molecule has 0 aliphatic carbocycles. The van der Waals surface area contributed by atoms with E-state index in [-0.39, 0.29) is 11.3 Å². The first-order valence-electron chi connectivity index (χ1n) is 6.11. The molecule has 0 aliphatic heterocycles. The smallest absolute Gasteiger partial charge is 0.387 e. The number of rotatable bonds is 5. The Morgan fingerprint density at radius 2 is 1.86 bits per heavy atom. The molecule has 0 aromatic heterocycles. The zero-order chi connectivity index (χ0) is 15.4. The number of nitrogens with one attached hydrogen (secondary N) is 1. The highest BCUT2D eigenvalue weighted by molar-refractivity contribution is 5.88. The van der Waals surface area contributed by atoms with Crippen molar-refractivity contribution >= 4 is 17.3 Å². The summed E-state index contributed by atoms with van der Waals surface area (Å²) in [6.45, 7) is -1.07. The number of aromatic carboxylic acids is 1. The molecule has 6 heteroatoms. The van der Waals surface area contributed by atoms with E-state index in [1.165, 1.54) is 18.2 Å². The first kappa shape index (κ1) is 14.8. The van der Waals surface area contributed by atoms with E-state index in [0.717, 1.165) is 11.3 Å². The molecule has 0 aliphatic rings. The van der Waals surface area contributed by atoms with Gasteiger partial charge in [-0.25, -0.2) is 4.79 Å². The van der Waals surface area contributed by atoms with Crippen LogP contribution in [-0.2, 0) is 0 Å². The third-order valence-electron chi connectivity index (χ3n) is 2.83. The number of hydrogen-bond acceptors (Lipinski definition) is 3. The number of benzene rings is 2. The second-order valence-corrected chi connectivity index (χ2v) is 4.36. The first-order chi connectivity index (χ1) is 9.95. The second kappa shape index (κ2) is 6.21. The topological polar surface area (TPSA) is 58.6 Å². The predicted molar refractivity (Wildman–Crippen MR) is 74.5 cm³/mol. The van der Waals surface area contributed by atoms with Crippen LogP contribution in [0.15, 0.2) is 42.5 Å². The van der Waals surface area contributed by atoms with Crippen molar-refractivity contribution in [1.29, 1.82) is 0 Å². The summed E-state index contributed by atoms with van der Waals surface area (Å²) in [5, 5.41) is 12.0. The molecule has 0 heterocycles. The van der Waals surface area contributed by atoms with Crippen LogP contribution in [-0.4, -0.2) is 17.7 Å². The maximum atomic E-state index is 12.0. The number of carboxylic acids is 1. The van der Waals surface area contributed by atoms with Crippen molar-refractivity contribution in [2.75, 3.05) is 5.32 Å². The van der Waals surface area contributed by atoms with E-state index in [1.54, 1.807) is 31.2 Å². The SMILES string of the molecule is Cc1cc(C(=O)O)ccc1Nc1ccc(OC(F)F)cc1. The molecule has 0 radical (unpaired) electrons. The summed E-state index contributed by atoms with van der Waals surface area (Å²) in [5.74, 6) is -0.911. The highest BCUT2D eigenvalue weighted by Crippen LogP contribution is 2.24. The Labute approximate surface area is 120 Å². The Balaban J connectivity index is 2.13. The lowest BCUT2D eigenvalue weighted by Crippen LogP contribution is -2.02. The number of halogens is 2. The average Bonchev–Trinajstić information content (AvgIpc) is 2.42. The van der Waals surface area contributed by atoms with Gasteiger partial charge in [-0.05, 0) is 55.0 Å². The molecule has 2 aromatic rings. The van der Waals surface area contributed by atoms with E-state index in [0.29, 0.717) is 5.69 Å². The zero-order valence-corrected chi connectivity index (χ0v) is 11.1. The highest BCUT2D eigenvalue weighted by atomic mass is 19.3. The largest absolute Gasteiger partial charge is 0.478 e. The number of hydrogen-bond donors (Lipinski definition) is 2. The van der Waals surface area contributed by atoms with Crippen LogP contribution in [0.2, 0.25) is 0 Å². The van der Waals surface area contributed by atoms with Gasteiger partial charge in [0.15, 0.2) is 0 Å². The van der Waals surface area contributed by atoms with Crippen LogP contribution in [0.3, 0.4) is 0 Å². The lowest BCUT2D eigenvalue weighted by atomic mass is 10.1. The molecule has 4 nitrogen and oxygen atoms in total. The summed E-state index contributed by atoms with van der Waals surface area (Å²) >= 11 is 0. The first-order valence-corrected chi connectivity index (χ1v) is 6.11. The van der Waals surface area contributed by atoms with Gasteiger partial charge in [-0.15, -0.1) is 0 Å². The molecule has 21 heavy (non-hydrogen) atoms. The Kier molecular flexibility index (Phi) is 4.37. The van der Waals surface area contributed by atoms with Crippen molar-refractivity contribution in [3.63, 3.8) is 0 Å². The number of aryl methyl sites for hydroxylation is 1. The van der Waals surface area contributed by atoms with Crippen LogP contribution in [0.4, 0.5) is 20.2 Å². The van der Waals surface area contributed by atoms with Crippen LogP contribution in [0.1, 0.15) is 15.9 Å². The number of carboxylic acid groups (broad SMARTS) is 1. The zero-order valence-electron chi connectivity index (χ0n) is 11.1. The molecule has 0 saturated carbocycles. The Morgan fingerprint density at radius 3 is 2.38 bits per heavy atom. The standard InChI is InChI=1S/C15H13F2NO3/c1-9-8-10(14(19)20)2-7-13(9)18-11-3-5-12(6-4-11)21-15(16)17/h2-8,15,18H,1H3,(H,19,20). The van der Waals surface area contributed by atoms with E-state index in [4.69, 9.17) is 5.11 Å². The quantitative estimate of drug-likeness (QED) is 0.873. The predicted octanol–water partition coefficient (Wildman–Crippen LogP) is 4.04. The summed E-state index contributed by atoms with van der Waals surface area (Å²) in [4.78, 5) is 10.9. The van der Waals surface area contributed by atoms with Crippen molar-refractivity contribution in [2.45, 2.75) is 13.5 Å². The third kappa shape index (κ3) is 3.92. The summed E-state index contributed by atoms with van der Waals surface area (Å²) < 4.78 is 28.3. The summed E-state index contributed by atoms with van der Waals surface area (Å²) in [6, 6.07) is 10.8. The Bertz CT molecular complexity index is 642. The number of alkyl halides is 2. The molecule has 2 rings (SSSR count). The van der Waals surface area contributed by atoms with Crippen molar-refractivity contribution in [1.82, 2.24) is 0 Å². The van der Waals surface area contributed by atoms with Crippen molar-refractivity contribution < 1.29 is 23.4 Å². The van der Waals surface area contributed by atoms with Gasteiger partial charge in [-0.2, -0.15) is 8.78 Å². The van der Waals surface area contributed by atoms with Gasteiger partial charge in [0, 0.05) is 11.4 Å². The molecular weight excluding hydrogens is 280 g/mol. The van der Waals surface area contributed by atoms with Gasteiger partial charge in [0.2, 0.25) is 0 Å². The van der Waals surface area contributed by atoms with Gasteiger partial charge in [-0.1, -0.05) is 0 Å². The maximum absolute atomic E-state index is 12.0. The van der Waals surface area contributed by atoms with Crippen LogP contribution >= 0.6 is 0 Å². The molecule has 0 amide bonds. The minimum atomic E-state index is -2.85. The number of anilines is 2. The van der Waals surface area contributed by atoms with E-state index in [9.17, 15) is 13.6 Å². The molecule has 2 aromatic carbocycles. The average molecular weight is 293 g/mol. The fourth-order valence-electron chi connectivity index (χ4n) is 1.81. The van der Waals surface area contributed by atoms with E-state index < -0.39 is 12.6 Å². The van der Waals surface area contributed by atoms with E-state index >= 15 is 0 Å². The van der Waals surface area contributed by atoms with E-state index in [1.807, 2.05) is 0 Å². The van der Waals surface area contributed by atoms with Gasteiger partial charge in [0.1, 0.15) is 5.75 Å². The van der Waals surface area contributed by atoms with E-state index in [2.05, 4.69) is 10.1 Å². The number of carbonyl (C=O) groups is 1. The molecular formula is C15H13F2NO3.